The summed E-state index contributed by atoms with van der Waals surface area (Å²) in [5.41, 5.74) is -0.630. The van der Waals surface area contributed by atoms with Crippen LogP contribution in [0.15, 0.2) is 17.0 Å². The Morgan fingerprint density at radius 3 is 2.68 bits per heavy atom. The third-order valence-electron chi connectivity index (χ3n) is 2.55. The van der Waals surface area contributed by atoms with E-state index in [2.05, 4.69) is 4.74 Å². The van der Waals surface area contributed by atoms with E-state index in [1.807, 2.05) is 13.8 Å². The van der Waals surface area contributed by atoms with Gasteiger partial charge in [0.25, 0.3) is 5.69 Å². The van der Waals surface area contributed by atoms with E-state index in [4.69, 9.17) is 0 Å². The molecule has 0 aliphatic heterocycles. The van der Waals surface area contributed by atoms with Gasteiger partial charge in [0.2, 0.25) is 0 Å². The van der Waals surface area contributed by atoms with Crippen molar-refractivity contribution in [3.63, 3.8) is 0 Å². The average Bonchev–Trinajstić information content (AvgIpc) is 2.38. The van der Waals surface area contributed by atoms with Gasteiger partial charge < -0.3 is 4.74 Å². The maximum Gasteiger partial charge on any atom is 0.340 e. The molecule has 0 radical (unpaired) electrons. The van der Waals surface area contributed by atoms with Crippen molar-refractivity contribution in [3.8, 4) is 0 Å². The van der Waals surface area contributed by atoms with Crippen LogP contribution in [0.1, 0.15) is 30.6 Å². The molecule has 0 saturated heterocycles. The van der Waals surface area contributed by atoms with Gasteiger partial charge in [0.1, 0.15) is 5.82 Å². The second-order valence-corrected chi connectivity index (χ2v) is 5.37. The van der Waals surface area contributed by atoms with Crippen LogP contribution in [0.2, 0.25) is 0 Å². The van der Waals surface area contributed by atoms with Crippen molar-refractivity contribution < 1.29 is 18.8 Å². The lowest BCUT2D eigenvalue weighted by Crippen LogP contribution is -2.07. The normalized spacial score (nSPS) is 12.0. The Morgan fingerprint density at radius 1 is 1.58 bits per heavy atom. The van der Waals surface area contributed by atoms with Crippen LogP contribution in [-0.2, 0) is 4.74 Å². The Hall–Kier alpha value is -1.63. The summed E-state index contributed by atoms with van der Waals surface area (Å²) >= 11 is 1.23. The molecule has 1 unspecified atom stereocenters. The van der Waals surface area contributed by atoms with Crippen LogP contribution in [0.5, 0.6) is 0 Å². The molecule has 0 aliphatic rings. The molecule has 1 aromatic carbocycles. The number of halogens is 1. The van der Waals surface area contributed by atoms with Crippen molar-refractivity contribution in [2.24, 2.45) is 0 Å². The third kappa shape index (κ3) is 3.66. The summed E-state index contributed by atoms with van der Waals surface area (Å²) in [4.78, 5) is 21.9. The number of methoxy groups -OCH3 is 1. The van der Waals surface area contributed by atoms with E-state index in [-0.39, 0.29) is 21.4 Å². The molecule has 19 heavy (non-hydrogen) atoms. The number of nitro benzene ring substituents is 1. The molecule has 0 saturated carbocycles. The Bertz CT molecular complexity index is 507. The summed E-state index contributed by atoms with van der Waals surface area (Å²) in [6.45, 7) is 3.84. The lowest BCUT2D eigenvalue weighted by Gasteiger charge is -2.10. The predicted octanol–water partition coefficient (Wildman–Crippen LogP) is 3.41. The molecule has 0 spiro atoms. The summed E-state index contributed by atoms with van der Waals surface area (Å²) in [6.07, 6.45) is 0.798. The minimum absolute atomic E-state index is 0.120. The van der Waals surface area contributed by atoms with Crippen molar-refractivity contribution in [1.82, 2.24) is 0 Å². The van der Waals surface area contributed by atoms with Crippen LogP contribution in [0.4, 0.5) is 10.1 Å². The first-order valence-electron chi connectivity index (χ1n) is 5.63. The fraction of sp³-hybridized carbons (Fsp3) is 0.417. The Labute approximate surface area is 114 Å². The molecule has 5 nitrogen and oxygen atoms in total. The second kappa shape index (κ2) is 6.51. The van der Waals surface area contributed by atoms with Gasteiger partial charge in [-0.1, -0.05) is 13.8 Å². The first-order chi connectivity index (χ1) is 8.90. The van der Waals surface area contributed by atoms with Crippen molar-refractivity contribution in [2.45, 2.75) is 30.4 Å². The number of carbonyl (C=O) groups is 1. The molecular weight excluding hydrogens is 273 g/mol. The van der Waals surface area contributed by atoms with Gasteiger partial charge in [-0.3, -0.25) is 10.1 Å². The highest BCUT2D eigenvalue weighted by molar-refractivity contribution is 8.00. The van der Waals surface area contributed by atoms with E-state index in [1.54, 1.807) is 0 Å². The van der Waals surface area contributed by atoms with Crippen molar-refractivity contribution in [2.75, 3.05) is 7.11 Å². The van der Waals surface area contributed by atoms with Crippen molar-refractivity contribution in [1.29, 1.82) is 0 Å². The first-order valence-corrected chi connectivity index (χ1v) is 6.51. The number of hydrogen-bond donors (Lipinski definition) is 0. The number of thioether (sulfide) groups is 1. The van der Waals surface area contributed by atoms with E-state index in [1.165, 1.54) is 17.8 Å². The molecule has 0 aliphatic carbocycles. The van der Waals surface area contributed by atoms with Crippen molar-refractivity contribution in [3.05, 3.63) is 33.6 Å². The van der Waals surface area contributed by atoms with Gasteiger partial charge >= 0.3 is 5.97 Å². The number of hydrogen-bond acceptors (Lipinski definition) is 5. The van der Waals surface area contributed by atoms with Crippen LogP contribution in [0.3, 0.4) is 0 Å². The molecule has 1 atom stereocenters. The lowest BCUT2D eigenvalue weighted by atomic mass is 10.2. The topological polar surface area (TPSA) is 69.4 Å². The van der Waals surface area contributed by atoms with Crippen LogP contribution < -0.4 is 0 Å². The van der Waals surface area contributed by atoms with Gasteiger partial charge in [-0.25, -0.2) is 9.18 Å². The van der Waals surface area contributed by atoms with E-state index < -0.39 is 16.7 Å². The summed E-state index contributed by atoms with van der Waals surface area (Å²) in [5.74, 6) is -1.80. The lowest BCUT2D eigenvalue weighted by molar-refractivity contribution is -0.387. The fourth-order valence-electron chi connectivity index (χ4n) is 1.35. The number of benzene rings is 1. The SMILES string of the molecule is CCC(C)Sc1cc(C(=O)OC)c(F)cc1[N+](=O)[O-]. The summed E-state index contributed by atoms with van der Waals surface area (Å²) in [6, 6.07) is 1.94. The number of ether oxygens (including phenoxy) is 1. The average molecular weight is 287 g/mol. The molecule has 7 heteroatoms. The molecule has 0 bridgehead atoms. The highest BCUT2D eigenvalue weighted by Gasteiger charge is 2.23. The molecule has 0 fully saturated rings. The predicted molar refractivity (Wildman–Crippen MR) is 70.0 cm³/mol. The number of carbonyl (C=O) groups excluding carboxylic acids is 1. The van der Waals surface area contributed by atoms with Crippen LogP contribution in [-0.4, -0.2) is 23.3 Å². The largest absolute Gasteiger partial charge is 0.465 e. The Morgan fingerprint density at radius 2 is 2.21 bits per heavy atom. The number of rotatable bonds is 5. The molecular formula is C12H14FNO4S. The van der Waals surface area contributed by atoms with E-state index in [0.29, 0.717) is 0 Å². The zero-order chi connectivity index (χ0) is 14.6. The summed E-state index contributed by atoms with van der Waals surface area (Å²) in [7, 11) is 1.13. The number of esters is 1. The first kappa shape index (κ1) is 15.4. The smallest absolute Gasteiger partial charge is 0.340 e. The van der Waals surface area contributed by atoms with Crippen LogP contribution in [0, 0.1) is 15.9 Å². The van der Waals surface area contributed by atoms with E-state index in [0.717, 1.165) is 19.6 Å². The highest BCUT2D eigenvalue weighted by atomic mass is 32.2. The van der Waals surface area contributed by atoms with Gasteiger partial charge in [0.05, 0.1) is 28.6 Å². The van der Waals surface area contributed by atoms with Crippen LogP contribution in [0.25, 0.3) is 0 Å². The molecule has 0 aromatic heterocycles. The summed E-state index contributed by atoms with van der Waals surface area (Å²) in [5, 5.41) is 11.0. The quantitative estimate of drug-likeness (QED) is 0.359. The molecule has 104 valence electrons. The van der Waals surface area contributed by atoms with Gasteiger partial charge in [-0.05, 0) is 12.5 Å². The molecule has 0 amide bonds. The van der Waals surface area contributed by atoms with Crippen molar-refractivity contribution >= 4 is 23.4 Å². The fourth-order valence-corrected chi connectivity index (χ4v) is 2.39. The van der Waals surface area contributed by atoms with Crippen LogP contribution >= 0.6 is 11.8 Å². The minimum atomic E-state index is -0.952. The zero-order valence-corrected chi connectivity index (χ0v) is 11.6. The molecule has 1 rings (SSSR count). The van der Waals surface area contributed by atoms with E-state index in [9.17, 15) is 19.3 Å². The summed E-state index contributed by atoms with van der Waals surface area (Å²) < 4.78 is 18.1. The number of nitro groups is 1. The third-order valence-corrected chi connectivity index (χ3v) is 3.87. The van der Waals surface area contributed by atoms with Gasteiger partial charge in [-0.15, -0.1) is 11.8 Å². The molecule has 0 heterocycles. The highest BCUT2D eigenvalue weighted by Crippen LogP contribution is 2.35. The maximum atomic E-state index is 13.6. The van der Waals surface area contributed by atoms with Gasteiger partial charge in [0, 0.05) is 5.25 Å². The van der Waals surface area contributed by atoms with E-state index >= 15 is 0 Å². The Kier molecular flexibility index (Phi) is 5.29. The van der Waals surface area contributed by atoms with Gasteiger partial charge in [0.15, 0.2) is 0 Å². The Balaban J connectivity index is 3.31. The molecule has 1 aromatic rings. The standard InChI is InChI=1S/C12H14FNO4S/c1-4-7(2)19-11-5-8(12(15)18-3)9(13)6-10(11)14(16)17/h5-7H,4H2,1-3H3. The monoisotopic (exact) mass is 287 g/mol. The second-order valence-electron chi connectivity index (χ2n) is 3.89. The number of nitrogens with zero attached hydrogens (tertiary/aromatic N) is 1. The molecule has 0 N–H and O–H groups in total. The maximum absolute atomic E-state index is 13.6. The zero-order valence-electron chi connectivity index (χ0n) is 10.8. The van der Waals surface area contributed by atoms with Gasteiger partial charge in [-0.2, -0.15) is 0 Å². The minimum Gasteiger partial charge on any atom is -0.465 e.